The van der Waals surface area contributed by atoms with Crippen molar-refractivity contribution in [1.82, 2.24) is 9.88 Å². The summed E-state index contributed by atoms with van der Waals surface area (Å²) in [5.74, 6) is -0.736. The maximum absolute atomic E-state index is 12.5. The van der Waals surface area contributed by atoms with Crippen LogP contribution in [0, 0.1) is 25.7 Å². The lowest BCUT2D eigenvalue weighted by Gasteiger charge is -2.19. The van der Waals surface area contributed by atoms with Gasteiger partial charge in [0.2, 0.25) is 17.7 Å². The Bertz CT molecular complexity index is 912. The van der Waals surface area contributed by atoms with Gasteiger partial charge in [-0.1, -0.05) is 30.2 Å². The molecule has 0 unspecified atom stereocenters. The molecule has 1 aromatic carbocycles. The molecule has 2 aromatic rings. The molecule has 27 heavy (non-hydrogen) atoms. The zero-order chi connectivity index (χ0) is 19.1. The third-order valence-corrected chi connectivity index (χ3v) is 6.49. The Balaban J connectivity index is 1.39. The molecule has 142 valence electrons. The Morgan fingerprint density at radius 1 is 1.19 bits per heavy atom. The van der Waals surface area contributed by atoms with E-state index in [1.54, 1.807) is 0 Å². The minimum Gasteiger partial charge on any atom is -0.302 e. The monoisotopic (exact) mass is 385 g/mol. The number of carbonyl (C=O) groups excluding carboxylic acids is 3. The number of carbonyl (C=O) groups is 3. The number of aromatic nitrogens is 1. The second-order valence-corrected chi connectivity index (χ2v) is 8.60. The van der Waals surface area contributed by atoms with E-state index in [4.69, 9.17) is 0 Å². The Kier molecular flexibility index (Phi) is 4.72. The molecule has 2 aliphatic rings. The molecule has 1 aromatic heterocycles. The Hall–Kier alpha value is -2.28. The van der Waals surface area contributed by atoms with Gasteiger partial charge in [0.05, 0.1) is 22.1 Å². The highest BCUT2D eigenvalue weighted by Gasteiger charge is 2.47. The van der Waals surface area contributed by atoms with Gasteiger partial charge >= 0.3 is 0 Å². The smallest absolute Gasteiger partial charge is 0.233 e. The summed E-state index contributed by atoms with van der Waals surface area (Å²) in [4.78, 5) is 43.1. The fraction of sp³-hybridized carbons (Fsp3) is 0.500. The number of anilines is 1. The molecule has 0 bridgehead atoms. The van der Waals surface area contributed by atoms with E-state index in [-0.39, 0.29) is 42.5 Å². The molecule has 0 spiro atoms. The molecule has 2 heterocycles. The molecule has 1 saturated carbocycles. The molecular formula is C20H23N3O3S. The van der Waals surface area contributed by atoms with E-state index in [0.717, 1.165) is 47.0 Å². The number of fused-ring (bicyclic) bond motifs is 2. The highest BCUT2D eigenvalue weighted by Crippen LogP contribution is 2.38. The van der Waals surface area contributed by atoms with Crippen LogP contribution in [-0.2, 0) is 14.4 Å². The molecule has 7 heteroatoms. The minimum atomic E-state index is -0.223. The quantitative estimate of drug-likeness (QED) is 0.818. The van der Waals surface area contributed by atoms with Gasteiger partial charge in [-0.3, -0.25) is 19.3 Å². The van der Waals surface area contributed by atoms with E-state index in [1.807, 2.05) is 13.8 Å². The van der Waals surface area contributed by atoms with Gasteiger partial charge in [0.15, 0.2) is 5.13 Å². The molecule has 2 fully saturated rings. The largest absolute Gasteiger partial charge is 0.302 e. The van der Waals surface area contributed by atoms with Gasteiger partial charge in [-0.05, 0) is 43.9 Å². The van der Waals surface area contributed by atoms with Crippen LogP contribution < -0.4 is 5.32 Å². The normalized spacial score (nSPS) is 22.4. The fourth-order valence-electron chi connectivity index (χ4n) is 4.27. The predicted molar refractivity (Wildman–Crippen MR) is 105 cm³/mol. The molecule has 3 amide bonds. The number of rotatable bonds is 4. The van der Waals surface area contributed by atoms with Crippen LogP contribution in [0.4, 0.5) is 5.13 Å². The van der Waals surface area contributed by atoms with Crippen molar-refractivity contribution in [3.8, 4) is 0 Å². The number of aryl methyl sites for hydroxylation is 2. The van der Waals surface area contributed by atoms with Crippen LogP contribution in [0.15, 0.2) is 12.1 Å². The first kappa shape index (κ1) is 18.1. The van der Waals surface area contributed by atoms with Gasteiger partial charge in [0, 0.05) is 13.0 Å². The molecule has 1 N–H and O–H groups in total. The van der Waals surface area contributed by atoms with Crippen molar-refractivity contribution in [2.45, 2.75) is 46.0 Å². The number of nitrogens with one attached hydrogen (secondary N) is 1. The SMILES string of the molecule is Cc1cc(C)c2nc(NC(=O)CCN3C(=O)[C@H]4CCCC[C@@H]4C3=O)sc2c1. The second-order valence-electron chi connectivity index (χ2n) is 7.57. The second kappa shape index (κ2) is 7.03. The van der Waals surface area contributed by atoms with Crippen LogP contribution in [0.2, 0.25) is 0 Å². The number of nitrogens with zero attached hydrogens (tertiary/aromatic N) is 2. The average Bonchev–Trinajstić information content (AvgIpc) is 3.13. The summed E-state index contributed by atoms with van der Waals surface area (Å²) in [6.45, 7) is 4.19. The summed E-state index contributed by atoms with van der Waals surface area (Å²) in [5, 5.41) is 3.37. The van der Waals surface area contributed by atoms with Gasteiger partial charge in [-0.25, -0.2) is 4.98 Å². The van der Waals surface area contributed by atoms with E-state index in [9.17, 15) is 14.4 Å². The van der Waals surface area contributed by atoms with Gasteiger partial charge < -0.3 is 5.32 Å². The Morgan fingerprint density at radius 2 is 1.85 bits per heavy atom. The number of amides is 3. The van der Waals surface area contributed by atoms with Crippen LogP contribution in [0.5, 0.6) is 0 Å². The Labute approximate surface area is 161 Å². The van der Waals surface area contributed by atoms with Gasteiger partial charge in [0.1, 0.15) is 0 Å². The summed E-state index contributed by atoms with van der Waals surface area (Å²) in [6, 6.07) is 4.12. The number of hydrogen-bond acceptors (Lipinski definition) is 5. The highest BCUT2D eigenvalue weighted by molar-refractivity contribution is 7.22. The standard InChI is InChI=1S/C20H23N3O3S/c1-11-9-12(2)17-15(10-11)27-20(22-17)21-16(24)7-8-23-18(25)13-5-3-4-6-14(13)19(23)26/h9-10,13-14H,3-8H2,1-2H3,(H,21,22,24)/t13-,14-/m0/s1. The number of likely N-dealkylation sites (tertiary alicyclic amines) is 1. The molecule has 6 nitrogen and oxygen atoms in total. The molecular weight excluding hydrogens is 362 g/mol. The van der Waals surface area contributed by atoms with E-state index >= 15 is 0 Å². The molecule has 0 radical (unpaired) electrons. The Morgan fingerprint density at radius 3 is 2.52 bits per heavy atom. The zero-order valence-corrected chi connectivity index (χ0v) is 16.4. The first-order valence-corrected chi connectivity index (χ1v) is 10.3. The summed E-state index contributed by atoms with van der Waals surface area (Å²) < 4.78 is 1.04. The summed E-state index contributed by atoms with van der Waals surface area (Å²) in [6.07, 6.45) is 3.70. The summed E-state index contributed by atoms with van der Waals surface area (Å²) in [7, 11) is 0. The predicted octanol–water partition coefficient (Wildman–Crippen LogP) is 3.42. The van der Waals surface area contributed by atoms with E-state index < -0.39 is 0 Å². The molecule has 1 saturated heterocycles. The summed E-state index contributed by atoms with van der Waals surface area (Å²) in [5.41, 5.74) is 3.14. The van der Waals surface area contributed by atoms with Gasteiger partial charge in [-0.15, -0.1) is 0 Å². The first-order chi connectivity index (χ1) is 12.9. The van der Waals surface area contributed by atoms with E-state index in [2.05, 4.69) is 22.4 Å². The third kappa shape index (κ3) is 3.36. The van der Waals surface area contributed by atoms with Crippen LogP contribution in [-0.4, -0.2) is 34.2 Å². The lowest BCUT2D eigenvalue weighted by atomic mass is 9.81. The van der Waals surface area contributed by atoms with Crippen molar-refractivity contribution >= 4 is 44.4 Å². The maximum Gasteiger partial charge on any atom is 0.233 e. The molecule has 1 aliphatic heterocycles. The van der Waals surface area contributed by atoms with Gasteiger partial charge in [0.25, 0.3) is 0 Å². The fourth-order valence-corrected chi connectivity index (χ4v) is 5.33. The number of thiazole rings is 1. The van der Waals surface area contributed by atoms with Crippen molar-refractivity contribution in [3.63, 3.8) is 0 Å². The number of benzene rings is 1. The van der Waals surface area contributed by atoms with Crippen LogP contribution in [0.25, 0.3) is 10.2 Å². The van der Waals surface area contributed by atoms with Crippen LogP contribution in [0.1, 0.15) is 43.2 Å². The average molecular weight is 385 g/mol. The molecule has 2 atom stereocenters. The van der Waals surface area contributed by atoms with Crippen molar-refractivity contribution in [1.29, 1.82) is 0 Å². The minimum absolute atomic E-state index is 0.0939. The van der Waals surface area contributed by atoms with Crippen molar-refractivity contribution in [2.24, 2.45) is 11.8 Å². The lowest BCUT2D eigenvalue weighted by molar-refractivity contribution is -0.140. The highest BCUT2D eigenvalue weighted by atomic mass is 32.1. The van der Waals surface area contributed by atoms with Crippen LogP contribution >= 0.6 is 11.3 Å². The molecule has 4 rings (SSSR count). The summed E-state index contributed by atoms with van der Waals surface area (Å²) >= 11 is 1.44. The molecule has 1 aliphatic carbocycles. The van der Waals surface area contributed by atoms with Crippen LogP contribution in [0.3, 0.4) is 0 Å². The third-order valence-electron chi connectivity index (χ3n) is 5.57. The van der Waals surface area contributed by atoms with E-state index in [0.29, 0.717) is 5.13 Å². The van der Waals surface area contributed by atoms with Gasteiger partial charge in [-0.2, -0.15) is 0 Å². The van der Waals surface area contributed by atoms with Crippen molar-refractivity contribution < 1.29 is 14.4 Å². The topological polar surface area (TPSA) is 79.4 Å². The zero-order valence-electron chi connectivity index (χ0n) is 15.6. The number of imide groups is 1. The maximum atomic E-state index is 12.5. The first-order valence-electron chi connectivity index (χ1n) is 9.47. The van der Waals surface area contributed by atoms with Crippen molar-refractivity contribution in [2.75, 3.05) is 11.9 Å². The van der Waals surface area contributed by atoms with E-state index in [1.165, 1.54) is 16.2 Å². The number of hydrogen-bond donors (Lipinski definition) is 1. The van der Waals surface area contributed by atoms with Crippen molar-refractivity contribution in [3.05, 3.63) is 23.3 Å². The lowest BCUT2D eigenvalue weighted by Crippen LogP contribution is -2.34.